The quantitative estimate of drug-likeness (QED) is 0.529. The molecule has 29 heavy (non-hydrogen) atoms. The van der Waals surface area contributed by atoms with E-state index < -0.39 is 0 Å². The van der Waals surface area contributed by atoms with Gasteiger partial charge in [-0.1, -0.05) is 32.9 Å². The Morgan fingerprint density at radius 2 is 2.07 bits per heavy atom. The van der Waals surface area contributed by atoms with Gasteiger partial charge in [-0.05, 0) is 66.6 Å². The summed E-state index contributed by atoms with van der Waals surface area (Å²) in [5, 5.41) is 4.43. The molecule has 1 heterocycles. The third-order valence-electron chi connectivity index (χ3n) is 5.24. The standard InChI is InChI=1S/C24H31FN2OS/c1-5-18-6-7-19(25)13-23(18)26-11-10-20-15-29-24(27-20)14-28-21-8-9-22(16(2)3)17(4)12-21/h6-9,12-13,16,20,26H,5,10-11,14-15H2,1-4H3. The lowest BCUT2D eigenvalue weighted by Crippen LogP contribution is -2.13. The lowest BCUT2D eigenvalue weighted by atomic mass is 9.98. The molecule has 0 aliphatic carbocycles. The van der Waals surface area contributed by atoms with Gasteiger partial charge in [-0.3, -0.25) is 4.99 Å². The molecule has 1 N–H and O–H groups in total. The molecule has 0 amide bonds. The lowest BCUT2D eigenvalue weighted by molar-refractivity contribution is 0.378. The first-order chi connectivity index (χ1) is 14.0. The van der Waals surface area contributed by atoms with Crippen LogP contribution in [0.2, 0.25) is 0 Å². The molecule has 2 aromatic carbocycles. The van der Waals surface area contributed by atoms with Gasteiger partial charge < -0.3 is 10.1 Å². The van der Waals surface area contributed by atoms with Crippen molar-refractivity contribution in [1.82, 2.24) is 0 Å². The smallest absolute Gasteiger partial charge is 0.136 e. The van der Waals surface area contributed by atoms with Crippen molar-refractivity contribution in [2.45, 2.75) is 52.5 Å². The highest BCUT2D eigenvalue weighted by molar-refractivity contribution is 8.14. The maximum absolute atomic E-state index is 13.5. The van der Waals surface area contributed by atoms with Gasteiger partial charge in [-0.25, -0.2) is 4.39 Å². The van der Waals surface area contributed by atoms with E-state index >= 15 is 0 Å². The van der Waals surface area contributed by atoms with E-state index in [9.17, 15) is 4.39 Å². The maximum atomic E-state index is 13.5. The summed E-state index contributed by atoms with van der Waals surface area (Å²) in [4.78, 5) is 4.80. The number of nitrogens with zero attached hydrogens (tertiary/aromatic N) is 1. The number of thioether (sulfide) groups is 1. The van der Waals surface area contributed by atoms with E-state index in [0.717, 1.165) is 47.2 Å². The van der Waals surface area contributed by atoms with E-state index in [-0.39, 0.29) is 11.9 Å². The van der Waals surface area contributed by atoms with E-state index in [1.807, 2.05) is 12.1 Å². The summed E-state index contributed by atoms with van der Waals surface area (Å²) in [6, 6.07) is 11.6. The predicted molar refractivity (Wildman–Crippen MR) is 123 cm³/mol. The van der Waals surface area contributed by atoms with E-state index in [1.54, 1.807) is 17.8 Å². The molecule has 0 fully saturated rings. The van der Waals surface area contributed by atoms with Crippen LogP contribution >= 0.6 is 11.8 Å². The van der Waals surface area contributed by atoms with Crippen molar-refractivity contribution in [3.05, 3.63) is 58.9 Å². The Morgan fingerprint density at radius 1 is 1.24 bits per heavy atom. The summed E-state index contributed by atoms with van der Waals surface area (Å²) < 4.78 is 19.5. The van der Waals surface area contributed by atoms with Crippen LogP contribution in [0.3, 0.4) is 0 Å². The van der Waals surface area contributed by atoms with Gasteiger partial charge in [0.1, 0.15) is 23.2 Å². The summed E-state index contributed by atoms with van der Waals surface area (Å²) in [5.74, 6) is 2.21. The molecule has 3 nitrogen and oxygen atoms in total. The summed E-state index contributed by atoms with van der Waals surface area (Å²) >= 11 is 1.78. The minimum absolute atomic E-state index is 0.199. The first kappa shape index (κ1) is 21.7. The highest BCUT2D eigenvalue weighted by atomic mass is 32.2. The number of rotatable bonds is 9. The number of benzene rings is 2. The minimum Gasteiger partial charge on any atom is -0.487 e. The Balaban J connectivity index is 1.47. The van der Waals surface area contributed by atoms with Crippen molar-refractivity contribution in [2.75, 3.05) is 24.2 Å². The Kier molecular flexibility index (Phi) is 7.59. The molecule has 2 aromatic rings. The average molecular weight is 415 g/mol. The second kappa shape index (κ2) is 10.1. The van der Waals surface area contributed by atoms with Gasteiger partial charge in [0.2, 0.25) is 0 Å². The number of aliphatic imine (C=N–C) groups is 1. The zero-order chi connectivity index (χ0) is 20.8. The zero-order valence-corrected chi connectivity index (χ0v) is 18.6. The number of nitrogens with one attached hydrogen (secondary N) is 1. The van der Waals surface area contributed by atoms with Crippen LogP contribution in [-0.4, -0.2) is 30.0 Å². The topological polar surface area (TPSA) is 33.6 Å². The molecule has 5 heteroatoms. The van der Waals surface area contributed by atoms with Crippen molar-refractivity contribution in [3.63, 3.8) is 0 Å². The highest BCUT2D eigenvalue weighted by Crippen LogP contribution is 2.25. The Hall–Kier alpha value is -2.01. The number of halogens is 1. The number of anilines is 1. The van der Waals surface area contributed by atoms with Crippen molar-refractivity contribution >= 4 is 22.5 Å². The highest BCUT2D eigenvalue weighted by Gasteiger charge is 2.18. The van der Waals surface area contributed by atoms with Crippen LogP contribution in [0.15, 0.2) is 41.4 Å². The number of ether oxygens (including phenoxy) is 1. The van der Waals surface area contributed by atoms with Crippen molar-refractivity contribution in [2.24, 2.45) is 4.99 Å². The fraction of sp³-hybridized carbons (Fsp3) is 0.458. The van der Waals surface area contributed by atoms with Crippen LogP contribution in [0.4, 0.5) is 10.1 Å². The molecule has 1 aliphatic rings. The van der Waals surface area contributed by atoms with Crippen LogP contribution in [0.1, 0.15) is 49.8 Å². The first-order valence-corrected chi connectivity index (χ1v) is 11.4. The fourth-order valence-electron chi connectivity index (χ4n) is 3.62. The van der Waals surface area contributed by atoms with E-state index in [2.05, 4.69) is 45.1 Å². The molecule has 1 atom stereocenters. The Labute approximate surface area is 178 Å². The summed E-state index contributed by atoms with van der Waals surface area (Å²) in [7, 11) is 0. The Morgan fingerprint density at radius 3 is 2.79 bits per heavy atom. The van der Waals surface area contributed by atoms with E-state index in [1.165, 1.54) is 17.2 Å². The van der Waals surface area contributed by atoms with Gasteiger partial charge in [0.05, 0.1) is 6.04 Å². The van der Waals surface area contributed by atoms with Gasteiger partial charge in [-0.15, -0.1) is 11.8 Å². The SMILES string of the molecule is CCc1ccc(F)cc1NCCC1CSC(COc2ccc(C(C)C)c(C)c2)=N1. The molecule has 0 radical (unpaired) electrons. The zero-order valence-electron chi connectivity index (χ0n) is 17.8. The van der Waals surface area contributed by atoms with Gasteiger partial charge in [0, 0.05) is 18.0 Å². The Bertz CT molecular complexity index is 866. The maximum Gasteiger partial charge on any atom is 0.136 e. The van der Waals surface area contributed by atoms with Crippen LogP contribution < -0.4 is 10.1 Å². The van der Waals surface area contributed by atoms with Crippen molar-refractivity contribution in [3.8, 4) is 5.75 Å². The molecule has 0 saturated carbocycles. The van der Waals surface area contributed by atoms with Gasteiger partial charge in [0.15, 0.2) is 0 Å². The number of hydrogen-bond acceptors (Lipinski definition) is 4. The molecular formula is C24H31FN2OS. The molecule has 0 bridgehead atoms. The summed E-state index contributed by atoms with van der Waals surface area (Å²) in [6.45, 7) is 9.95. The predicted octanol–water partition coefficient (Wildman–Crippen LogP) is 6.21. The molecule has 0 saturated heterocycles. The molecule has 1 unspecified atom stereocenters. The molecule has 1 aliphatic heterocycles. The normalized spacial score (nSPS) is 16.2. The van der Waals surface area contributed by atoms with Crippen LogP contribution in [-0.2, 0) is 6.42 Å². The molecular weight excluding hydrogens is 383 g/mol. The van der Waals surface area contributed by atoms with Crippen molar-refractivity contribution in [1.29, 1.82) is 0 Å². The average Bonchev–Trinajstić information content (AvgIpc) is 3.14. The summed E-state index contributed by atoms with van der Waals surface area (Å²) in [5.41, 5.74) is 4.67. The fourth-order valence-corrected chi connectivity index (χ4v) is 4.62. The van der Waals surface area contributed by atoms with Crippen LogP contribution in [0, 0.1) is 12.7 Å². The minimum atomic E-state index is -0.199. The van der Waals surface area contributed by atoms with Gasteiger partial charge in [-0.2, -0.15) is 0 Å². The van der Waals surface area contributed by atoms with Gasteiger partial charge >= 0.3 is 0 Å². The molecule has 156 valence electrons. The second-order valence-corrected chi connectivity index (χ2v) is 8.91. The molecule has 0 aromatic heterocycles. The number of hydrogen-bond donors (Lipinski definition) is 1. The van der Waals surface area contributed by atoms with Crippen LogP contribution in [0.25, 0.3) is 0 Å². The largest absolute Gasteiger partial charge is 0.487 e. The molecule has 0 spiro atoms. The lowest BCUT2D eigenvalue weighted by Gasteiger charge is -2.12. The molecule has 3 rings (SSSR count). The van der Waals surface area contributed by atoms with Crippen molar-refractivity contribution < 1.29 is 9.13 Å². The monoisotopic (exact) mass is 414 g/mol. The number of aryl methyl sites for hydroxylation is 2. The second-order valence-electron chi connectivity index (χ2n) is 7.82. The third kappa shape index (κ3) is 5.99. The first-order valence-electron chi connectivity index (χ1n) is 10.4. The van der Waals surface area contributed by atoms with Crippen LogP contribution in [0.5, 0.6) is 5.75 Å². The van der Waals surface area contributed by atoms with Gasteiger partial charge in [0.25, 0.3) is 0 Å². The third-order valence-corrected chi connectivity index (χ3v) is 6.35. The van der Waals surface area contributed by atoms with E-state index in [4.69, 9.17) is 9.73 Å². The summed E-state index contributed by atoms with van der Waals surface area (Å²) in [6.07, 6.45) is 1.82. The van der Waals surface area contributed by atoms with E-state index in [0.29, 0.717) is 12.5 Å².